The van der Waals surface area contributed by atoms with Gasteiger partial charge in [0, 0.05) is 0 Å². The van der Waals surface area contributed by atoms with Gasteiger partial charge in [-0.2, -0.15) is 0 Å². The molecule has 0 aromatic rings. The van der Waals surface area contributed by atoms with E-state index >= 15 is 0 Å². The molecular formula is C16H32O7Si. The van der Waals surface area contributed by atoms with E-state index < -0.39 is 50.9 Å². The van der Waals surface area contributed by atoms with Crippen LogP contribution in [0.2, 0.25) is 18.1 Å². The number of carbonyl (C=O) groups is 1. The molecule has 3 N–H and O–H groups in total. The minimum atomic E-state index is -2.07. The van der Waals surface area contributed by atoms with Crippen LogP contribution in [0.25, 0.3) is 0 Å². The number of ether oxygens (including phenoxy) is 2. The van der Waals surface area contributed by atoms with Crippen molar-refractivity contribution in [2.24, 2.45) is 5.92 Å². The molecule has 1 heterocycles. The van der Waals surface area contributed by atoms with Gasteiger partial charge in [0.1, 0.15) is 18.3 Å². The molecule has 0 aromatic heterocycles. The van der Waals surface area contributed by atoms with Crippen molar-refractivity contribution in [2.45, 2.75) is 83.5 Å². The van der Waals surface area contributed by atoms with Crippen molar-refractivity contribution in [3.63, 3.8) is 0 Å². The molecule has 24 heavy (non-hydrogen) atoms. The van der Waals surface area contributed by atoms with Crippen molar-refractivity contribution in [1.29, 1.82) is 0 Å². The van der Waals surface area contributed by atoms with Gasteiger partial charge in [0.05, 0.1) is 12.5 Å². The zero-order valence-corrected chi connectivity index (χ0v) is 16.6. The average molecular weight is 365 g/mol. The first-order valence-electron chi connectivity index (χ1n) is 8.32. The lowest BCUT2D eigenvalue weighted by atomic mass is 9.99. The van der Waals surface area contributed by atoms with E-state index in [0.29, 0.717) is 0 Å². The third-order valence-corrected chi connectivity index (χ3v) is 9.30. The van der Waals surface area contributed by atoms with Crippen LogP contribution in [0.4, 0.5) is 0 Å². The Morgan fingerprint density at radius 3 is 2.17 bits per heavy atom. The maximum absolute atomic E-state index is 11.8. The van der Waals surface area contributed by atoms with Crippen LogP contribution < -0.4 is 0 Å². The molecule has 1 aliphatic rings. The second kappa shape index (κ2) is 7.80. The van der Waals surface area contributed by atoms with Gasteiger partial charge < -0.3 is 29.2 Å². The highest BCUT2D eigenvalue weighted by Crippen LogP contribution is 2.37. The van der Waals surface area contributed by atoms with Crippen molar-refractivity contribution in [3.05, 3.63) is 0 Å². The molecule has 0 aliphatic carbocycles. The first-order chi connectivity index (χ1) is 10.8. The van der Waals surface area contributed by atoms with E-state index in [9.17, 15) is 20.1 Å². The van der Waals surface area contributed by atoms with Gasteiger partial charge in [-0.15, -0.1) is 0 Å². The summed E-state index contributed by atoms with van der Waals surface area (Å²) in [4.78, 5) is 11.8. The smallest absolute Gasteiger partial charge is 0.308 e. The fraction of sp³-hybridized carbons (Fsp3) is 0.938. The number of carbonyl (C=O) groups excluding carboxylic acids is 1. The Bertz CT molecular complexity index is 433. The van der Waals surface area contributed by atoms with Gasteiger partial charge in [-0.25, -0.2) is 0 Å². The van der Waals surface area contributed by atoms with E-state index in [4.69, 9.17) is 13.9 Å². The lowest BCUT2D eigenvalue weighted by Gasteiger charge is -2.42. The SMILES string of the molecule is CC(C)C(=O)OC1C(O)[C@H](O)OC(CO[Si](C)(C)C(C)(C)C)[C@H]1O. The summed E-state index contributed by atoms with van der Waals surface area (Å²) in [5, 5.41) is 30.2. The van der Waals surface area contributed by atoms with Crippen LogP contribution >= 0.6 is 0 Å². The van der Waals surface area contributed by atoms with Crippen molar-refractivity contribution >= 4 is 14.3 Å². The monoisotopic (exact) mass is 364 g/mol. The Kier molecular flexibility index (Phi) is 7.00. The topological polar surface area (TPSA) is 105 Å². The van der Waals surface area contributed by atoms with Crippen LogP contribution in [0.1, 0.15) is 34.6 Å². The summed E-state index contributed by atoms with van der Waals surface area (Å²) in [5.74, 6) is -0.970. The fourth-order valence-corrected chi connectivity index (χ4v) is 2.98. The first-order valence-corrected chi connectivity index (χ1v) is 11.2. The molecule has 0 amide bonds. The number of aliphatic hydroxyl groups is 3. The number of hydrogen-bond donors (Lipinski definition) is 3. The van der Waals surface area contributed by atoms with E-state index in [1.165, 1.54) is 0 Å². The third-order valence-electron chi connectivity index (χ3n) is 4.80. The Labute approximate surface area is 145 Å². The lowest BCUT2D eigenvalue weighted by Crippen LogP contribution is -2.61. The van der Waals surface area contributed by atoms with E-state index in [-0.39, 0.29) is 11.6 Å². The summed E-state index contributed by atoms with van der Waals surface area (Å²) in [6.45, 7) is 13.7. The Morgan fingerprint density at radius 2 is 1.71 bits per heavy atom. The maximum Gasteiger partial charge on any atom is 0.308 e. The quantitative estimate of drug-likeness (QED) is 0.494. The third kappa shape index (κ3) is 5.00. The molecule has 3 unspecified atom stereocenters. The Hall–Kier alpha value is -0.513. The second-order valence-electron chi connectivity index (χ2n) is 8.17. The van der Waals surface area contributed by atoms with Gasteiger partial charge in [0.15, 0.2) is 20.7 Å². The molecule has 0 saturated carbocycles. The number of rotatable bonds is 5. The minimum Gasteiger partial charge on any atom is -0.456 e. The molecule has 8 heteroatoms. The van der Waals surface area contributed by atoms with Gasteiger partial charge in [-0.05, 0) is 18.1 Å². The molecule has 0 bridgehead atoms. The predicted octanol–water partition coefficient (Wildman–Crippen LogP) is 1.01. The molecule has 1 aliphatic heterocycles. The molecule has 1 saturated heterocycles. The van der Waals surface area contributed by atoms with Crippen LogP contribution in [-0.2, 0) is 18.7 Å². The van der Waals surface area contributed by atoms with E-state index in [2.05, 4.69) is 33.9 Å². The molecule has 0 radical (unpaired) electrons. The molecule has 7 nitrogen and oxygen atoms in total. The summed E-state index contributed by atoms with van der Waals surface area (Å²) in [5.41, 5.74) is 0. The molecule has 1 fully saturated rings. The van der Waals surface area contributed by atoms with Crippen LogP contribution in [0.3, 0.4) is 0 Å². The average Bonchev–Trinajstić information content (AvgIpc) is 2.44. The van der Waals surface area contributed by atoms with Gasteiger partial charge in [0.25, 0.3) is 0 Å². The first kappa shape index (κ1) is 21.5. The zero-order chi connectivity index (χ0) is 18.9. The molecule has 142 valence electrons. The lowest BCUT2D eigenvalue weighted by molar-refractivity contribution is -0.289. The molecule has 5 atom stereocenters. The normalized spacial score (nSPS) is 32.0. The van der Waals surface area contributed by atoms with Crippen LogP contribution in [-0.4, -0.2) is 66.9 Å². The highest BCUT2D eigenvalue weighted by atomic mass is 28.4. The highest BCUT2D eigenvalue weighted by molar-refractivity contribution is 6.74. The van der Waals surface area contributed by atoms with Crippen LogP contribution in [0.15, 0.2) is 0 Å². The Morgan fingerprint density at radius 1 is 1.17 bits per heavy atom. The summed E-state index contributed by atoms with van der Waals surface area (Å²) in [6, 6.07) is 0. The van der Waals surface area contributed by atoms with Crippen molar-refractivity contribution in [3.8, 4) is 0 Å². The van der Waals surface area contributed by atoms with E-state index in [0.717, 1.165) is 0 Å². The van der Waals surface area contributed by atoms with Crippen LogP contribution in [0.5, 0.6) is 0 Å². The fourth-order valence-electron chi connectivity index (χ4n) is 1.97. The predicted molar refractivity (Wildman–Crippen MR) is 90.8 cm³/mol. The minimum absolute atomic E-state index is 0.0196. The van der Waals surface area contributed by atoms with E-state index in [1.54, 1.807) is 13.8 Å². The highest BCUT2D eigenvalue weighted by Gasteiger charge is 2.47. The van der Waals surface area contributed by atoms with Gasteiger partial charge >= 0.3 is 5.97 Å². The molecular weight excluding hydrogens is 332 g/mol. The van der Waals surface area contributed by atoms with Crippen LogP contribution in [0, 0.1) is 5.92 Å². The Balaban J connectivity index is 2.80. The van der Waals surface area contributed by atoms with Crippen molar-refractivity contribution in [1.82, 2.24) is 0 Å². The van der Waals surface area contributed by atoms with Crippen molar-refractivity contribution in [2.75, 3.05) is 6.61 Å². The second-order valence-corrected chi connectivity index (χ2v) is 13.0. The standard InChI is InChI=1S/C16H32O7Si/c1-9(2)14(19)23-13-11(17)10(22-15(20)12(13)18)8-21-24(6,7)16(3,4)5/h9-13,15,17-18,20H,8H2,1-7H3/t10?,11-,12?,13?,15-/m1/s1. The molecule has 1 rings (SSSR count). The van der Waals surface area contributed by atoms with E-state index in [1.807, 2.05) is 0 Å². The zero-order valence-electron chi connectivity index (χ0n) is 15.6. The number of aliphatic hydroxyl groups excluding tert-OH is 3. The largest absolute Gasteiger partial charge is 0.456 e. The molecule has 0 spiro atoms. The maximum atomic E-state index is 11.8. The summed E-state index contributed by atoms with van der Waals surface area (Å²) in [7, 11) is -2.07. The van der Waals surface area contributed by atoms with Crippen molar-refractivity contribution < 1.29 is 34.0 Å². The number of esters is 1. The summed E-state index contributed by atoms with van der Waals surface area (Å²) in [6.07, 6.45) is -6.48. The van der Waals surface area contributed by atoms with Gasteiger partial charge in [-0.1, -0.05) is 34.6 Å². The molecule has 0 aromatic carbocycles. The summed E-state index contributed by atoms with van der Waals surface area (Å²) >= 11 is 0. The van der Waals surface area contributed by atoms with Gasteiger partial charge in [0.2, 0.25) is 0 Å². The number of hydrogen-bond acceptors (Lipinski definition) is 7. The summed E-state index contributed by atoms with van der Waals surface area (Å²) < 4.78 is 16.4. The van der Waals surface area contributed by atoms with Gasteiger partial charge in [-0.3, -0.25) is 4.79 Å².